The van der Waals surface area contributed by atoms with Gasteiger partial charge < -0.3 is 29.6 Å². The van der Waals surface area contributed by atoms with Gasteiger partial charge in [-0.1, -0.05) is 48.5 Å². The molecule has 2 aliphatic rings. The van der Waals surface area contributed by atoms with Crippen LogP contribution in [0, 0.1) is 5.82 Å². The maximum absolute atomic E-state index is 15.5. The molecule has 1 saturated heterocycles. The van der Waals surface area contributed by atoms with E-state index in [9.17, 15) is 45.8 Å². The molecule has 0 saturated carbocycles. The Morgan fingerprint density at radius 2 is 1.66 bits per heavy atom. The Kier molecular flexibility index (Phi) is 11.0. The van der Waals surface area contributed by atoms with Gasteiger partial charge in [0.05, 0.1) is 36.0 Å². The molecule has 2 unspecified atom stereocenters. The van der Waals surface area contributed by atoms with E-state index in [-0.39, 0.29) is 55.1 Å². The third-order valence-corrected chi connectivity index (χ3v) is 10.2. The van der Waals surface area contributed by atoms with Crippen molar-refractivity contribution in [1.29, 1.82) is 0 Å². The summed E-state index contributed by atoms with van der Waals surface area (Å²) in [5.41, 5.74) is -5.40. The number of carboxylic acid groups (broad SMARTS) is 1. The highest BCUT2D eigenvalue weighted by atomic mass is 19.4. The molecule has 3 aromatic carbocycles. The van der Waals surface area contributed by atoms with Gasteiger partial charge in [0.15, 0.2) is 0 Å². The first-order valence-corrected chi connectivity index (χ1v) is 18.1. The van der Waals surface area contributed by atoms with Crippen LogP contribution in [0.2, 0.25) is 0 Å². The summed E-state index contributed by atoms with van der Waals surface area (Å²) in [7, 11) is 0. The van der Waals surface area contributed by atoms with E-state index in [2.05, 4.69) is 10.6 Å². The van der Waals surface area contributed by atoms with E-state index in [1.54, 1.807) is 12.1 Å². The minimum absolute atomic E-state index is 0.0982. The summed E-state index contributed by atoms with van der Waals surface area (Å²) in [6.07, 6.45) is -13.2. The maximum atomic E-state index is 15.5. The molecule has 306 valence electrons. The van der Waals surface area contributed by atoms with Gasteiger partial charge in [0.1, 0.15) is 35.6 Å². The van der Waals surface area contributed by atoms with Crippen LogP contribution in [0.1, 0.15) is 70.0 Å². The van der Waals surface area contributed by atoms with Gasteiger partial charge in [0.25, 0.3) is 5.56 Å². The van der Waals surface area contributed by atoms with Crippen molar-refractivity contribution >= 4 is 6.09 Å². The first kappa shape index (κ1) is 40.3. The average Bonchev–Trinajstić information content (AvgIpc) is 3.77. The topological polar surface area (TPSA) is 137 Å². The number of fused-ring (bicyclic) bond motifs is 2. The number of halogens is 7. The van der Waals surface area contributed by atoms with Gasteiger partial charge >= 0.3 is 24.1 Å². The third-order valence-electron chi connectivity index (χ3n) is 10.2. The third kappa shape index (κ3) is 8.24. The highest BCUT2D eigenvalue weighted by Crippen LogP contribution is 2.48. The summed E-state index contributed by atoms with van der Waals surface area (Å²) in [5.74, 6) is -2.61. The predicted molar refractivity (Wildman–Crippen MR) is 192 cm³/mol. The Bertz CT molecular complexity index is 2420. The van der Waals surface area contributed by atoms with Gasteiger partial charge in [-0.2, -0.15) is 26.3 Å². The Labute approximate surface area is 324 Å². The van der Waals surface area contributed by atoms with Crippen molar-refractivity contribution in [3.05, 3.63) is 157 Å². The summed E-state index contributed by atoms with van der Waals surface area (Å²) < 4.78 is 118. The molecule has 11 nitrogen and oxygen atoms in total. The van der Waals surface area contributed by atoms with Crippen LogP contribution in [0.15, 0.2) is 98.9 Å². The number of nitrogens with one attached hydrogen (secondary N) is 2. The van der Waals surface area contributed by atoms with Crippen molar-refractivity contribution in [2.75, 3.05) is 13.1 Å². The van der Waals surface area contributed by atoms with Crippen LogP contribution in [0.25, 0.3) is 0 Å². The van der Waals surface area contributed by atoms with Crippen molar-refractivity contribution in [3.63, 3.8) is 0 Å². The minimum atomic E-state index is -5.09. The van der Waals surface area contributed by atoms with Crippen LogP contribution in [0.4, 0.5) is 35.5 Å². The molecule has 2 aromatic heterocycles. The molecule has 2 atom stereocenters. The number of carbonyl (C=O) groups is 1. The molecule has 3 N–H and O–H groups in total. The first-order valence-electron chi connectivity index (χ1n) is 18.1. The lowest BCUT2D eigenvalue weighted by atomic mass is 9.85. The van der Waals surface area contributed by atoms with E-state index in [1.807, 2.05) is 30.3 Å². The zero-order valence-corrected chi connectivity index (χ0v) is 30.3. The second kappa shape index (κ2) is 15.8. The standard InChI is InChI=1S/C40H35F7N4O7/c41-29-11-5-10-28(39(42,43)44)27(29)20-50-34-31(19-26-12-13-32(57-26)40(45,46)47)58-38(14-16-48-17-15-38)33(34)35(52)51(37(50)55)21-30(49-36(53)54)24-8-4-9-25(18-24)56-22-23-6-2-1-3-7-23/h1-13,18,30-31,48-49H,14-17,19-22H2,(H,53,54). The molecular formula is C40H35F7N4O7. The second-order valence-corrected chi connectivity index (χ2v) is 14.0. The van der Waals surface area contributed by atoms with Crippen LogP contribution in [0.3, 0.4) is 0 Å². The molecule has 0 radical (unpaired) electrons. The smallest absolute Gasteiger partial charge is 0.449 e. The lowest BCUT2D eigenvalue weighted by Gasteiger charge is -2.34. The summed E-state index contributed by atoms with van der Waals surface area (Å²) in [5, 5.41) is 15.3. The molecule has 4 heterocycles. The summed E-state index contributed by atoms with van der Waals surface area (Å²) >= 11 is 0. The molecule has 7 rings (SSSR count). The largest absolute Gasteiger partial charge is 0.489 e. The molecule has 5 aromatic rings. The fraction of sp³-hybridized carbons (Fsp3) is 0.325. The van der Waals surface area contributed by atoms with Crippen molar-refractivity contribution in [2.45, 2.75) is 69.1 Å². The molecule has 0 aliphatic carbocycles. The Morgan fingerprint density at radius 1 is 0.931 bits per heavy atom. The fourth-order valence-corrected chi connectivity index (χ4v) is 7.61. The van der Waals surface area contributed by atoms with E-state index in [0.29, 0.717) is 22.4 Å². The molecule has 58 heavy (non-hydrogen) atoms. The van der Waals surface area contributed by atoms with Crippen molar-refractivity contribution in [3.8, 4) is 5.75 Å². The van der Waals surface area contributed by atoms with Crippen LogP contribution < -0.4 is 26.6 Å². The van der Waals surface area contributed by atoms with Gasteiger partial charge in [-0.05, 0) is 73.5 Å². The predicted octanol–water partition coefficient (Wildman–Crippen LogP) is 7.31. The molecular weight excluding hydrogens is 781 g/mol. The van der Waals surface area contributed by atoms with Crippen molar-refractivity contribution in [1.82, 2.24) is 19.8 Å². The van der Waals surface area contributed by atoms with Crippen LogP contribution in [-0.2, 0) is 48.8 Å². The van der Waals surface area contributed by atoms with E-state index in [4.69, 9.17) is 13.9 Å². The lowest BCUT2D eigenvalue weighted by Crippen LogP contribution is -2.49. The van der Waals surface area contributed by atoms with Gasteiger partial charge in [-0.25, -0.2) is 14.0 Å². The SMILES string of the molecule is O=C(O)NC(Cn1c(=O)c2c(n(Cc3c(F)cccc3C(F)(F)F)c1=O)C(Cc1ccc(C(F)(F)F)o1)OC21CCNCC1)c1cccc(OCc2ccccc2)c1. The maximum Gasteiger partial charge on any atom is 0.449 e. The number of hydrogen-bond donors (Lipinski definition) is 3. The van der Waals surface area contributed by atoms with Crippen LogP contribution in [-0.4, -0.2) is 33.4 Å². The highest BCUT2D eigenvalue weighted by molar-refractivity contribution is 5.65. The fourth-order valence-electron chi connectivity index (χ4n) is 7.61. The number of hydrogen-bond acceptors (Lipinski definition) is 7. The lowest BCUT2D eigenvalue weighted by molar-refractivity contribution is -0.153. The zero-order valence-electron chi connectivity index (χ0n) is 30.3. The van der Waals surface area contributed by atoms with Gasteiger partial charge in [-0.3, -0.25) is 13.9 Å². The van der Waals surface area contributed by atoms with Crippen LogP contribution >= 0.6 is 0 Å². The van der Waals surface area contributed by atoms with E-state index in [0.717, 1.165) is 28.3 Å². The molecule has 1 amide bonds. The second-order valence-electron chi connectivity index (χ2n) is 14.0. The number of alkyl halides is 6. The number of benzene rings is 3. The Hall–Kier alpha value is -5.88. The molecule has 1 fully saturated rings. The molecule has 18 heteroatoms. The Balaban J connectivity index is 1.39. The van der Waals surface area contributed by atoms with Gasteiger partial charge in [-0.15, -0.1) is 0 Å². The van der Waals surface area contributed by atoms with E-state index in [1.165, 1.54) is 12.1 Å². The minimum Gasteiger partial charge on any atom is -0.489 e. The van der Waals surface area contributed by atoms with Gasteiger partial charge in [0.2, 0.25) is 5.76 Å². The number of amides is 1. The monoisotopic (exact) mass is 816 g/mol. The molecule has 2 aliphatic heterocycles. The molecule has 1 spiro atoms. The normalized spacial score (nSPS) is 16.9. The van der Waals surface area contributed by atoms with E-state index < -0.39 is 89.7 Å². The molecule has 0 bridgehead atoms. The van der Waals surface area contributed by atoms with Crippen molar-refractivity contribution in [2.24, 2.45) is 0 Å². The Morgan fingerprint density at radius 3 is 2.33 bits per heavy atom. The highest BCUT2D eigenvalue weighted by Gasteiger charge is 2.51. The number of piperidine rings is 1. The van der Waals surface area contributed by atoms with E-state index >= 15 is 4.39 Å². The summed E-state index contributed by atoms with van der Waals surface area (Å²) in [6, 6.07) is 18.0. The number of aromatic nitrogens is 2. The quantitative estimate of drug-likeness (QED) is 0.118. The number of nitrogens with zero attached hydrogens (tertiary/aromatic N) is 2. The summed E-state index contributed by atoms with van der Waals surface area (Å²) in [4.78, 5) is 41.6. The average molecular weight is 817 g/mol. The number of furan rings is 1. The number of ether oxygens (including phenoxy) is 2. The zero-order chi connectivity index (χ0) is 41.4. The van der Waals surface area contributed by atoms with Crippen molar-refractivity contribution < 1.29 is 54.5 Å². The first-order chi connectivity index (χ1) is 27.5. The van der Waals surface area contributed by atoms with Gasteiger partial charge in [0, 0.05) is 12.0 Å². The van der Waals surface area contributed by atoms with Crippen LogP contribution in [0.5, 0.6) is 5.75 Å². The summed E-state index contributed by atoms with van der Waals surface area (Å²) in [6.45, 7) is -1.07. The number of rotatable bonds is 11.